The van der Waals surface area contributed by atoms with Gasteiger partial charge in [-0.3, -0.25) is 9.59 Å². The Labute approximate surface area is 311 Å². The largest absolute Gasteiger partial charge is 0.480 e. The van der Waals surface area contributed by atoms with Crippen molar-refractivity contribution in [1.29, 1.82) is 0 Å². The first-order valence-corrected chi connectivity index (χ1v) is 21.2. The van der Waals surface area contributed by atoms with E-state index in [1.807, 2.05) is 6.92 Å². The summed E-state index contributed by atoms with van der Waals surface area (Å²) in [7, 11) is 0. The van der Waals surface area contributed by atoms with E-state index in [4.69, 9.17) is 24.0 Å². The van der Waals surface area contributed by atoms with Gasteiger partial charge in [-0.25, -0.2) is 9.78 Å². The third-order valence-electron chi connectivity index (χ3n) is 17.4. The monoisotopic (exact) mass is 729 g/mol. The predicted molar refractivity (Wildman–Crippen MR) is 192 cm³/mol. The topological polar surface area (TPSA) is 133 Å². The zero-order valence-electron chi connectivity index (χ0n) is 32.8. The van der Waals surface area contributed by atoms with Gasteiger partial charge < -0.3 is 29.7 Å². The van der Waals surface area contributed by atoms with Crippen LogP contribution in [0.5, 0.6) is 0 Å². The maximum Gasteiger partial charge on any atom is 0.325 e. The van der Waals surface area contributed by atoms with Gasteiger partial charge in [-0.2, -0.15) is 0 Å². The van der Waals surface area contributed by atoms with Crippen LogP contribution in [0.3, 0.4) is 0 Å². The molecule has 0 aromatic heterocycles. The van der Waals surface area contributed by atoms with E-state index in [2.05, 4.69) is 39.9 Å². The van der Waals surface area contributed by atoms with Crippen molar-refractivity contribution in [3.63, 3.8) is 0 Å². The molecule has 2 bridgehead atoms. The molecule has 1 spiro atoms. The summed E-state index contributed by atoms with van der Waals surface area (Å²) in [5, 5.41) is 22.9. The fourth-order valence-electron chi connectivity index (χ4n) is 14.4. The number of aliphatic hydroxyl groups is 1. The molecule has 9 aliphatic rings. The number of rotatable bonds is 8. The lowest BCUT2D eigenvalue weighted by Gasteiger charge is -2.64. The minimum Gasteiger partial charge on any atom is -0.480 e. The molecular weight excluding hydrogens is 662 g/mol. The van der Waals surface area contributed by atoms with E-state index in [1.165, 1.54) is 26.2 Å². The molecule has 294 valence electrons. The number of hydrogen-bond donors (Lipinski definition) is 3. The van der Waals surface area contributed by atoms with Crippen molar-refractivity contribution in [3.8, 4) is 0 Å². The first-order chi connectivity index (χ1) is 24.6. The Balaban J connectivity index is 1.05. The van der Waals surface area contributed by atoms with E-state index >= 15 is 0 Å². The minimum absolute atomic E-state index is 0.0332. The Bertz CT molecular complexity index is 1380. The standard InChI is InChI=1S/C42H67NO9/c1-22(9-13-34(45)43-25(4)36(46)47)28-11-12-31-35-32(15-18-40(28,31)6)39(5)17-14-27(44)20-26(39)21-33(35)48-37-24(3)30-10-8-23(2)29-16-19-41(7)50-38(49-37)42(29,30)52-51-41/h22-33,35,37-38,44H,8-21H2,1-7H3,(H,43,45)(H,46,47)/t22-,23-,24-,25?,26?,27-,28-,29?,30?,31?,32?,33+,35?,37?,38?,39+,40-,41?,42-/m1/s1. The molecule has 10 nitrogen and oxygen atoms in total. The second-order valence-electron chi connectivity index (χ2n) is 20.0. The summed E-state index contributed by atoms with van der Waals surface area (Å²) in [6.45, 7) is 15.5. The maximum absolute atomic E-state index is 12.7. The lowest BCUT2D eigenvalue weighted by Crippen LogP contribution is -2.71. The van der Waals surface area contributed by atoms with Crippen LogP contribution >= 0.6 is 0 Å². The van der Waals surface area contributed by atoms with Gasteiger partial charge in [0.05, 0.1) is 12.2 Å². The first-order valence-electron chi connectivity index (χ1n) is 21.2. The summed E-state index contributed by atoms with van der Waals surface area (Å²) in [5.74, 6) is 1.87. The zero-order valence-corrected chi connectivity index (χ0v) is 32.8. The van der Waals surface area contributed by atoms with Gasteiger partial charge in [0.25, 0.3) is 0 Å². The Morgan fingerprint density at radius 3 is 2.35 bits per heavy atom. The van der Waals surface area contributed by atoms with Crippen molar-refractivity contribution in [2.24, 2.45) is 70.0 Å². The van der Waals surface area contributed by atoms with E-state index in [9.17, 15) is 19.8 Å². The number of amides is 1. The summed E-state index contributed by atoms with van der Waals surface area (Å²) in [6.07, 6.45) is 12.4. The number of carbonyl (C=O) groups excluding carboxylic acids is 1. The zero-order chi connectivity index (χ0) is 37.0. The SMILES string of the molecule is CC(NC(=O)CC[C@@H](C)[C@H]1CCC2C3C(CC[C@@]21C)[C@@]1(C)CC[C@@H](O)CC1C[C@@H]3OC1OC2OC3(C)CCC4[C@H](C)CCC([C@H]1C)[C@@]24OO3)C(=O)O. The van der Waals surface area contributed by atoms with E-state index in [0.29, 0.717) is 53.8 Å². The highest BCUT2D eigenvalue weighted by Gasteiger charge is 2.70. The molecule has 10 heteroatoms. The smallest absolute Gasteiger partial charge is 0.325 e. The minimum atomic E-state index is -1.01. The molecule has 1 amide bonds. The van der Waals surface area contributed by atoms with E-state index in [1.54, 1.807) is 0 Å². The van der Waals surface area contributed by atoms with Gasteiger partial charge in [0, 0.05) is 24.7 Å². The van der Waals surface area contributed by atoms with Gasteiger partial charge in [-0.15, -0.1) is 0 Å². The molecule has 5 aliphatic carbocycles. The van der Waals surface area contributed by atoms with Crippen LogP contribution in [0.1, 0.15) is 138 Å². The molecule has 52 heavy (non-hydrogen) atoms. The van der Waals surface area contributed by atoms with Crippen molar-refractivity contribution in [1.82, 2.24) is 5.32 Å². The second-order valence-corrected chi connectivity index (χ2v) is 20.0. The Morgan fingerprint density at radius 1 is 0.865 bits per heavy atom. The summed E-state index contributed by atoms with van der Waals surface area (Å²) >= 11 is 0. The van der Waals surface area contributed by atoms with Crippen LogP contribution in [-0.2, 0) is 33.6 Å². The highest BCUT2D eigenvalue weighted by molar-refractivity contribution is 5.83. The molecule has 10 unspecified atom stereocenters. The number of nitrogens with one attached hydrogen (secondary N) is 1. The summed E-state index contributed by atoms with van der Waals surface area (Å²) in [5.41, 5.74) is -0.286. The molecule has 3 N–H and O–H groups in total. The first kappa shape index (κ1) is 37.6. The quantitative estimate of drug-likeness (QED) is 0.175. The van der Waals surface area contributed by atoms with E-state index in [-0.39, 0.29) is 40.8 Å². The third-order valence-corrected chi connectivity index (χ3v) is 17.4. The second kappa shape index (κ2) is 13.4. The van der Waals surface area contributed by atoms with Crippen LogP contribution in [0.4, 0.5) is 0 Å². The molecule has 4 heterocycles. The molecule has 9 fully saturated rings. The van der Waals surface area contributed by atoms with Crippen molar-refractivity contribution < 1.29 is 43.8 Å². The molecule has 5 saturated carbocycles. The van der Waals surface area contributed by atoms with E-state index in [0.717, 1.165) is 64.2 Å². The molecule has 9 rings (SSSR count). The molecular formula is C42H67NO9. The van der Waals surface area contributed by atoms with Crippen molar-refractivity contribution in [2.75, 3.05) is 0 Å². The average Bonchev–Trinajstić information content (AvgIpc) is 3.29. The molecule has 0 aromatic carbocycles. The Morgan fingerprint density at radius 2 is 1.58 bits per heavy atom. The summed E-state index contributed by atoms with van der Waals surface area (Å²) < 4.78 is 21.3. The number of carboxylic acid groups (broad SMARTS) is 1. The summed E-state index contributed by atoms with van der Waals surface area (Å²) in [6, 6.07) is -0.876. The maximum atomic E-state index is 12.7. The third kappa shape index (κ3) is 5.84. The van der Waals surface area contributed by atoms with Crippen LogP contribution in [0.2, 0.25) is 0 Å². The Kier molecular flexibility index (Phi) is 9.71. The van der Waals surface area contributed by atoms with Crippen LogP contribution in [0, 0.1) is 70.0 Å². The molecule has 0 radical (unpaired) electrons. The van der Waals surface area contributed by atoms with Gasteiger partial charge in [0.2, 0.25) is 11.7 Å². The van der Waals surface area contributed by atoms with Gasteiger partial charge in [-0.1, -0.05) is 34.6 Å². The van der Waals surface area contributed by atoms with Crippen LogP contribution < -0.4 is 5.32 Å². The van der Waals surface area contributed by atoms with Gasteiger partial charge >= 0.3 is 5.97 Å². The number of aliphatic carboxylic acids is 1. The lowest BCUT2D eigenvalue weighted by atomic mass is 9.43. The average molecular weight is 730 g/mol. The highest BCUT2D eigenvalue weighted by atomic mass is 17.3. The number of hydrogen-bond acceptors (Lipinski definition) is 8. The van der Waals surface area contributed by atoms with E-state index < -0.39 is 36.0 Å². The Hall–Kier alpha value is -1.30. The van der Waals surface area contributed by atoms with Gasteiger partial charge in [0.1, 0.15) is 6.04 Å². The van der Waals surface area contributed by atoms with Crippen LogP contribution in [0.15, 0.2) is 0 Å². The highest BCUT2D eigenvalue weighted by Crippen LogP contribution is 2.69. The molecule has 0 aromatic rings. The lowest BCUT2D eigenvalue weighted by molar-refractivity contribution is -0.578. The normalized spacial score (nSPS) is 53.3. The van der Waals surface area contributed by atoms with Gasteiger partial charge in [-0.05, 0) is 149 Å². The fourth-order valence-corrected chi connectivity index (χ4v) is 14.4. The van der Waals surface area contributed by atoms with Crippen molar-refractivity contribution in [3.05, 3.63) is 0 Å². The van der Waals surface area contributed by atoms with Gasteiger partial charge in [0.15, 0.2) is 18.2 Å². The number of carbonyl (C=O) groups is 2. The summed E-state index contributed by atoms with van der Waals surface area (Å²) in [4.78, 5) is 36.6. The van der Waals surface area contributed by atoms with Crippen LogP contribution in [0.25, 0.3) is 0 Å². The number of aliphatic hydroxyl groups excluding tert-OH is 1. The molecule has 19 atom stereocenters. The van der Waals surface area contributed by atoms with Crippen LogP contribution in [-0.4, -0.2) is 64.3 Å². The molecule has 4 saturated heterocycles. The number of fused-ring (bicyclic) bond motifs is 7. The predicted octanol–water partition coefficient (Wildman–Crippen LogP) is 7.21. The van der Waals surface area contributed by atoms with Crippen molar-refractivity contribution >= 4 is 11.9 Å². The fraction of sp³-hybridized carbons (Fsp3) is 0.952. The number of carboxylic acids is 1. The molecule has 4 aliphatic heterocycles. The number of ether oxygens (including phenoxy) is 3. The van der Waals surface area contributed by atoms with Crippen molar-refractivity contribution in [2.45, 2.75) is 181 Å².